The summed E-state index contributed by atoms with van der Waals surface area (Å²) in [5.74, 6) is -0.703. The van der Waals surface area contributed by atoms with E-state index in [2.05, 4.69) is 0 Å². The number of benzene rings is 2. The second-order valence-electron chi connectivity index (χ2n) is 6.65. The fourth-order valence-corrected chi connectivity index (χ4v) is 2.97. The molecule has 7 heteroatoms. The summed E-state index contributed by atoms with van der Waals surface area (Å²) in [7, 11) is 0. The number of hydrogen-bond donors (Lipinski definition) is 0. The van der Waals surface area contributed by atoms with E-state index in [1.165, 1.54) is 13.0 Å². The van der Waals surface area contributed by atoms with E-state index in [9.17, 15) is 19.2 Å². The monoisotopic (exact) mass is 395 g/mol. The number of nitrogens with zero attached hydrogens (tertiary/aromatic N) is 1. The molecule has 1 heterocycles. The number of carbonyl (C=O) groups is 4. The second-order valence-corrected chi connectivity index (χ2v) is 6.65. The number of esters is 1. The van der Waals surface area contributed by atoms with Gasteiger partial charge in [0.1, 0.15) is 5.75 Å². The average Bonchev–Trinajstić information content (AvgIpc) is 3.16. The van der Waals surface area contributed by atoms with Crippen LogP contribution in [0.5, 0.6) is 5.75 Å². The van der Waals surface area contributed by atoms with E-state index in [1.54, 1.807) is 47.4 Å². The zero-order chi connectivity index (χ0) is 20.8. The van der Waals surface area contributed by atoms with E-state index in [0.29, 0.717) is 29.8 Å². The minimum absolute atomic E-state index is 0.0758. The van der Waals surface area contributed by atoms with Crippen molar-refractivity contribution in [1.29, 1.82) is 0 Å². The largest absolute Gasteiger partial charge is 0.482 e. The van der Waals surface area contributed by atoms with Crippen LogP contribution in [0.15, 0.2) is 48.5 Å². The van der Waals surface area contributed by atoms with Gasteiger partial charge < -0.3 is 14.4 Å². The third-order valence-corrected chi connectivity index (χ3v) is 4.54. The van der Waals surface area contributed by atoms with Crippen LogP contribution < -0.4 is 9.64 Å². The van der Waals surface area contributed by atoms with Crippen LogP contribution in [0, 0.1) is 0 Å². The molecule has 0 aliphatic carbocycles. The summed E-state index contributed by atoms with van der Waals surface area (Å²) in [5.41, 5.74) is 1.62. The molecule has 3 rings (SSSR count). The molecular weight excluding hydrogens is 374 g/mol. The summed E-state index contributed by atoms with van der Waals surface area (Å²) in [6.45, 7) is 1.34. The van der Waals surface area contributed by atoms with Gasteiger partial charge in [-0.1, -0.05) is 12.1 Å². The van der Waals surface area contributed by atoms with Gasteiger partial charge in [-0.05, 0) is 49.7 Å². The summed E-state index contributed by atoms with van der Waals surface area (Å²) in [4.78, 5) is 48.8. The van der Waals surface area contributed by atoms with Crippen LogP contribution in [0.2, 0.25) is 0 Å². The first-order chi connectivity index (χ1) is 13.9. The fraction of sp³-hybridized carbons (Fsp3) is 0.273. The molecule has 1 amide bonds. The zero-order valence-electron chi connectivity index (χ0n) is 16.1. The summed E-state index contributed by atoms with van der Waals surface area (Å²) >= 11 is 0. The number of hydrogen-bond acceptors (Lipinski definition) is 6. The van der Waals surface area contributed by atoms with E-state index in [0.717, 1.165) is 12.1 Å². The Bertz CT molecular complexity index is 935. The van der Waals surface area contributed by atoms with Crippen LogP contribution in [0.1, 0.15) is 40.5 Å². The van der Waals surface area contributed by atoms with Crippen LogP contribution in [0.4, 0.5) is 5.69 Å². The lowest BCUT2D eigenvalue weighted by Crippen LogP contribution is -2.23. The minimum atomic E-state index is -0.689. The molecule has 2 aromatic rings. The molecule has 7 nitrogen and oxygen atoms in total. The Morgan fingerprint density at radius 2 is 1.76 bits per heavy atom. The maximum absolute atomic E-state index is 12.2. The van der Waals surface area contributed by atoms with Crippen molar-refractivity contribution in [2.75, 3.05) is 24.7 Å². The first kappa shape index (κ1) is 20.3. The minimum Gasteiger partial charge on any atom is -0.482 e. The van der Waals surface area contributed by atoms with Crippen LogP contribution >= 0.6 is 0 Å². The quantitative estimate of drug-likeness (QED) is 0.504. The van der Waals surface area contributed by atoms with Crippen molar-refractivity contribution in [3.05, 3.63) is 59.7 Å². The van der Waals surface area contributed by atoms with Crippen LogP contribution in [-0.4, -0.2) is 43.2 Å². The number of ketones is 2. The molecule has 0 unspecified atom stereocenters. The Balaban J connectivity index is 1.47. The molecule has 1 aliphatic rings. The summed E-state index contributed by atoms with van der Waals surface area (Å²) < 4.78 is 10.3. The molecule has 0 spiro atoms. The number of amides is 1. The predicted molar refractivity (Wildman–Crippen MR) is 105 cm³/mol. The molecule has 1 fully saturated rings. The summed E-state index contributed by atoms with van der Waals surface area (Å²) in [5, 5.41) is 0. The van der Waals surface area contributed by atoms with Gasteiger partial charge in [0.25, 0.3) is 0 Å². The zero-order valence-corrected chi connectivity index (χ0v) is 16.1. The number of carbonyl (C=O) groups excluding carboxylic acids is 4. The van der Waals surface area contributed by atoms with Gasteiger partial charge in [-0.15, -0.1) is 0 Å². The highest BCUT2D eigenvalue weighted by Crippen LogP contribution is 2.21. The molecule has 2 aromatic carbocycles. The smallest absolute Gasteiger partial charge is 0.344 e. The van der Waals surface area contributed by atoms with Gasteiger partial charge in [0.05, 0.1) is 0 Å². The molecule has 0 atom stereocenters. The molecule has 0 bridgehead atoms. The maximum atomic E-state index is 12.2. The topological polar surface area (TPSA) is 90.0 Å². The van der Waals surface area contributed by atoms with Crippen molar-refractivity contribution in [3.63, 3.8) is 0 Å². The molecule has 1 aliphatic heterocycles. The highest BCUT2D eigenvalue weighted by atomic mass is 16.6. The predicted octanol–water partition coefficient (Wildman–Crippen LogP) is 2.82. The Hall–Kier alpha value is -3.48. The Morgan fingerprint density at radius 3 is 2.41 bits per heavy atom. The number of rotatable bonds is 8. The number of ether oxygens (including phenoxy) is 2. The average molecular weight is 395 g/mol. The molecular formula is C22H21NO6. The van der Waals surface area contributed by atoms with E-state index < -0.39 is 12.6 Å². The lowest BCUT2D eigenvalue weighted by atomic mass is 10.1. The molecule has 1 saturated heterocycles. The number of Topliss-reactive ketones (excluding diaryl/α,β-unsaturated/α-hetero) is 2. The van der Waals surface area contributed by atoms with Crippen LogP contribution in [0.25, 0.3) is 0 Å². The molecule has 0 N–H and O–H groups in total. The molecule has 0 aromatic heterocycles. The van der Waals surface area contributed by atoms with Gasteiger partial charge in [0.15, 0.2) is 24.8 Å². The van der Waals surface area contributed by atoms with Crippen LogP contribution in [0.3, 0.4) is 0 Å². The Labute approximate surface area is 168 Å². The maximum Gasteiger partial charge on any atom is 0.344 e. The highest BCUT2D eigenvalue weighted by molar-refractivity contribution is 5.99. The SMILES string of the molecule is CC(=O)c1cccc(OCC(=O)OCC(=O)c2ccc(N3CCCC3=O)cc2)c1. The molecule has 29 heavy (non-hydrogen) atoms. The van der Waals surface area contributed by atoms with Crippen molar-refractivity contribution in [3.8, 4) is 5.75 Å². The van der Waals surface area contributed by atoms with Gasteiger partial charge >= 0.3 is 5.97 Å². The lowest BCUT2D eigenvalue weighted by Gasteiger charge is -2.15. The first-order valence-corrected chi connectivity index (χ1v) is 9.27. The highest BCUT2D eigenvalue weighted by Gasteiger charge is 2.21. The fourth-order valence-electron chi connectivity index (χ4n) is 2.97. The van der Waals surface area contributed by atoms with E-state index in [-0.39, 0.29) is 24.1 Å². The second kappa shape index (κ2) is 9.14. The summed E-state index contributed by atoms with van der Waals surface area (Å²) in [6, 6.07) is 13.1. The Kier molecular flexibility index (Phi) is 6.39. The van der Waals surface area contributed by atoms with Crippen LogP contribution in [-0.2, 0) is 14.3 Å². The standard InChI is InChI=1S/C22H21NO6/c1-15(24)17-4-2-5-19(12-17)28-14-22(27)29-13-20(25)16-7-9-18(10-8-16)23-11-3-6-21(23)26/h2,4-5,7-10,12H,3,6,11,13-14H2,1H3. The van der Waals surface area contributed by atoms with Crippen molar-refractivity contribution >= 4 is 29.1 Å². The Morgan fingerprint density at radius 1 is 1.00 bits per heavy atom. The molecule has 150 valence electrons. The van der Waals surface area contributed by atoms with E-state index in [1.807, 2.05) is 0 Å². The third-order valence-electron chi connectivity index (χ3n) is 4.54. The third kappa shape index (κ3) is 5.28. The van der Waals surface area contributed by atoms with Gasteiger partial charge in [-0.25, -0.2) is 4.79 Å². The van der Waals surface area contributed by atoms with Crippen molar-refractivity contribution in [2.45, 2.75) is 19.8 Å². The van der Waals surface area contributed by atoms with Gasteiger partial charge in [0, 0.05) is 29.8 Å². The van der Waals surface area contributed by atoms with Crippen molar-refractivity contribution < 1.29 is 28.7 Å². The summed E-state index contributed by atoms with van der Waals surface area (Å²) in [6.07, 6.45) is 1.37. The lowest BCUT2D eigenvalue weighted by molar-refractivity contribution is -0.144. The van der Waals surface area contributed by atoms with Gasteiger partial charge in [-0.2, -0.15) is 0 Å². The van der Waals surface area contributed by atoms with Gasteiger partial charge in [0.2, 0.25) is 5.91 Å². The first-order valence-electron chi connectivity index (χ1n) is 9.27. The molecule has 0 radical (unpaired) electrons. The number of anilines is 1. The van der Waals surface area contributed by atoms with Crippen molar-refractivity contribution in [1.82, 2.24) is 0 Å². The van der Waals surface area contributed by atoms with E-state index >= 15 is 0 Å². The van der Waals surface area contributed by atoms with E-state index in [4.69, 9.17) is 9.47 Å². The normalized spacial score (nSPS) is 13.3. The van der Waals surface area contributed by atoms with Gasteiger partial charge in [-0.3, -0.25) is 14.4 Å². The van der Waals surface area contributed by atoms with Crippen molar-refractivity contribution in [2.24, 2.45) is 0 Å². The molecule has 0 saturated carbocycles.